The van der Waals surface area contributed by atoms with Crippen LogP contribution in [-0.2, 0) is 0 Å². The van der Waals surface area contributed by atoms with E-state index in [4.69, 9.17) is 10.7 Å². The van der Waals surface area contributed by atoms with Crippen LogP contribution in [-0.4, -0.2) is 34.1 Å². The van der Waals surface area contributed by atoms with Gasteiger partial charge in [0.2, 0.25) is 5.95 Å². The highest BCUT2D eigenvalue weighted by Crippen LogP contribution is 2.30. The van der Waals surface area contributed by atoms with Gasteiger partial charge in [0.15, 0.2) is 5.13 Å². The Morgan fingerprint density at radius 1 is 1.22 bits per heavy atom. The summed E-state index contributed by atoms with van der Waals surface area (Å²) >= 11 is 1.76. The van der Waals surface area contributed by atoms with Crippen molar-refractivity contribution in [2.24, 2.45) is 0 Å². The number of nitrogens with zero attached hydrogens (tertiary/aromatic N) is 4. The molecule has 1 aliphatic heterocycles. The standard InChI is InChI=1S/C16H18N6S/c17-15-18-8-7-14(21-15)19-11-4-3-9-22(10-11)16-20-12-5-1-2-6-13(12)23-16/h1-2,5-8,11H,3-4,9-10H2,(H3,17,18,19,21)/t11-/m0/s1. The smallest absolute Gasteiger partial charge is 0.221 e. The third-order valence-corrected chi connectivity index (χ3v) is 5.10. The van der Waals surface area contributed by atoms with E-state index in [9.17, 15) is 0 Å². The number of nitrogens with one attached hydrogen (secondary N) is 1. The van der Waals surface area contributed by atoms with Crippen molar-refractivity contribution in [1.29, 1.82) is 0 Å². The van der Waals surface area contributed by atoms with Gasteiger partial charge < -0.3 is 16.0 Å². The van der Waals surface area contributed by atoms with Crippen LogP contribution in [0.5, 0.6) is 0 Å². The molecule has 1 atom stereocenters. The fourth-order valence-electron chi connectivity index (χ4n) is 2.93. The number of anilines is 3. The molecule has 2 aromatic heterocycles. The molecule has 3 heterocycles. The first-order chi connectivity index (χ1) is 11.3. The predicted octanol–water partition coefficient (Wildman–Crippen LogP) is 2.75. The number of hydrogen-bond acceptors (Lipinski definition) is 7. The molecule has 0 bridgehead atoms. The second-order valence-electron chi connectivity index (χ2n) is 5.69. The van der Waals surface area contributed by atoms with Crippen molar-refractivity contribution in [3.63, 3.8) is 0 Å². The molecule has 0 radical (unpaired) electrons. The summed E-state index contributed by atoms with van der Waals surface area (Å²) in [4.78, 5) is 15.3. The SMILES string of the molecule is Nc1nccc(N[C@H]2CCCN(c3nc4ccccc4s3)C2)n1. The largest absolute Gasteiger partial charge is 0.368 e. The third-order valence-electron chi connectivity index (χ3n) is 4.00. The van der Waals surface area contributed by atoms with Crippen LogP contribution in [0.3, 0.4) is 0 Å². The fourth-order valence-corrected chi connectivity index (χ4v) is 3.93. The monoisotopic (exact) mass is 326 g/mol. The van der Waals surface area contributed by atoms with E-state index in [1.807, 2.05) is 12.1 Å². The van der Waals surface area contributed by atoms with Crippen molar-refractivity contribution in [2.45, 2.75) is 18.9 Å². The van der Waals surface area contributed by atoms with Crippen LogP contribution in [0.4, 0.5) is 16.9 Å². The van der Waals surface area contributed by atoms with E-state index >= 15 is 0 Å². The summed E-state index contributed by atoms with van der Waals surface area (Å²) in [6.45, 7) is 1.97. The summed E-state index contributed by atoms with van der Waals surface area (Å²) in [6.07, 6.45) is 3.93. The summed E-state index contributed by atoms with van der Waals surface area (Å²) < 4.78 is 1.24. The molecule has 6 nitrogen and oxygen atoms in total. The van der Waals surface area contributed by atoms with Gasteiger partial charge in [0.25, 0.3) is 0 Å². The van der Waals surface area contributed by atoms with E-state index in [1.54, 1.807) is 17.5 Å². The average molecular weight is 326 g/mol. The molecular weight excluding hydrogens is 308 g/mol. The van der Waals surface area contributed by atoms with Crippen molar-refractivity contribution in [3.8, 4) is 0 Å². The lowest BCUT2D eigenvalue weighted by Gasteiger charge is -2.33. The molecule has 4 rings (SSSR count). The first-order valence-electron chi connectivity index (χ1n) is 7.73. The summed E-state index contributed by atoms with van der Waals surface area (Å²) in [5, 5.41) is 4.56. The lowest BCUT2D eigenvalue weighted by molar-refractivity contribution is 0.528. The maximum absolute atomic E-state index is 5.64. The molecule has 0 unspecified atom stereocenters. The Morgan fingerprint density at radius 2 is 2.13 bits per heavy atom. The van der Waals surface area contributed by atoms with Gasteiger partial charge in [-0.1, -0.05) is 23.5 Å². The number of nitrogens with two attached hydrogens (primary N) is 1. The zero-order chi connectivity index (χ0) is 15.6. The van der Waals surface area contributed by atoms with Gasteiger partial charge in [-0.2, -0.15) is 4.98 Å². The van der Waals surface area contributed by atoms with Gasteiger partial charge in [-0.3, -0.25) is 0 Å². The number of para-hydroxylation sites is 1. The molecule has 3 N–H and O–H groups in total. The lowest BCUT2D eigenvalue weighted by atomic mass is 10.1. The van der Waals surface area contributed by atoms with Crippen molar-refractivity contribution in [3.05, 3.63) is 36.5 Å². The molecule has 0 amide bonds. The summed E-state index contributed by atoms with van der Waals surface area (Å²) in [6, 6.07) is 10.5. The van der Waals surface area contributed by atoms with E-state index in [-0.39, 0.29) is 0 Å². The maximum Gasteiger partial charge on any atom is 0.221 e. The van der Waals surface area contributed by atoms with Crippen LogP contribution in [0.2, 0.25) is 0 Å². The van der Waals surface area contributed by atoms with Gasteiger partial charge in [0.1, 0.15) is 5.82 Å². The van der Waals surface area contributed by atoms with E-state index in [0.29, 0.717) is 12.0 Å². The molecule has 1 aromatic carbocycles. The van der Waals surface area contributed by atoms with E-state index in [2.05, 4.69) is 38.4 Å². The molecular formula is C16H18N6S. The fraction of sp³-hybridized carbons (Fsp3) is 0.312. The number of piperidine rings is 1. The van der Waals surface area contributed by atoms with Crippen LogP contribution in [0.25, 0.3) is 10.2 Å². The highest BCUT2D eigenvalue weighted by Gasteiger charge is 2.22. The normalized spacial score (nSPS) is 18.3. The van der Waals surface area contributed by atoms with Gasteiger partial charge in [-0.05, 0) is 31.0 Å². The summed E-state index contributed by atoms with van der Waals surface area (Å²) in [7, 11) is 0. The second-order valence-corrected chi connectivity index (χ2v) is 6.70. The van der Waals surface area contributed by atoms with Crippen LogP contribution >= 0.6 is 11.3 Å². The van der Waals surface area contributed by atoms with Crippen molar-refractivity contribution in [2.75, 3.05) is 29.0 Å². The number of benzene rings is 1. The Labute approximate surface area is 138 Å². The van der Waals surface area contributed by atoms with Crippen molar-refractivity contribution in [1.82, 2.24) is 15.0 Å². The number of rotatable bonds is 3. The van der Waals surface area contributed by atoms with Gasteiger partial charge in [0, 0.05) is 25.3 Å². The molecule has 7 heteroatoms. The van der Waals surface area contributed by atoms with Crippen LogP contribution in [0, 0.1) is 0 Å². The number of hydrogen-bond donors (Lipinski definition) is 2. The van der Waals surface area contributed by atoms with Gasteiger partial charge >= 0.3 is 0 Å². The quantitative estimate of drug-likeness (QED) is 0.770. The van der Waals surface area contributed by atoms with Crippen LogP contribution in [0.1, 0.15) is 12.8 Å². The average Bonchev–Trinajstić information content (AvgIpc) is 2.99. The molecule has 0 spiro atoms. The van der Waals surface area contributed by atoms with Gasteiger partial charge in [-0.15, -0.1) is 0 Å². The minimum absolute atomic E-state index is 0.300. The van der Waals surface area contributed by atoms with Crippen molar-refractivity contribution < 1.29 is 0 Å². The highest BCUT2D eigenvalue weighted by atomic mass is 32.1. The predicted molar refractivity (Wildman–Crippen MR) is 94.9 cm³/mol. The Balaban J connectivity index is 1.50. The number of fused-ring (bicyclic) bond motifs is 1. The second kappa shape index (κ2) is 6.00. The molecule has 0 saturated carbocycles. The summed E-state index contributed by atoms with van der Waals surface area (Å²) in [5.74, 6) is 1.09. The molecule has 118 valence electrons. The highest BCUT2D eigenvalue weighted by molar-refractivity contribution is 7.22. The lowest BCUT2D eigenvalue weighted by Crippen LogP contribution is -2.42. The Morgan fingerprint density at radius 3 is 3.00 bits per heavy atom. The third kappa shape index (κ3) is 3.05. The summed E-state index contributed by atoms with van der Waals surface area (Å²) in [5.41, 5.74) is 6.72. The first-order valence-corrected chi connectivity index (χ1v) is 8.55. The van der Waals surface area contributed by atoms with Gasteiger partial charge in [-0.25, -0.2) is 9.97 Å². The molecule has 1 saturated heterocycles. The van der Waals surface area contributed by atoms with E-state index < -0.39 is 0 Å². The molecule has 23 heavy (non-hydrogen) atoms. The Kier molecular flexibility index (Phi) is 3.70. The minimum atomic E-state index is 0.300. The Hall–Kier alpha value is -2.41. The zero-order valence-electron chi connectivity index (χ0n) is 12.6. The first kappa shape index (κ1) is 14.2. The molecule has 1 fully saturated rings. The Bertz CT molecular complexity index is 784. The minimum Gasteiger partial charge on any atom is -0.368 e. The van der Waals surface area contributed by atoms with Crippen molar-refractivity contribution >= 4 is 38.5 Å². The molecule has 3 aromatic rings. The number of nitrogen functional groups attached to an aromatic ring is 1. The molecule has 1 aliphatic rings. The van der Waals surface area contributed by atoms with Crippen LogP contribution in [0.15, 0.2) is 36.5 Å². The van der Waals surface area contributed by atoms with Crippen LogP contribution < -0.4 is 16.0 Å². The molecule has 0 aliphatic carbocycles. The zero-order valence-corrected chi connectivity index (χ0v) is 13.5. The topological polar surface area (TPSA) is 80.0 Å². The van der Waals surface area contributed by atoms with E-state index in [0.717, 1.165) is 42.4 Å². The maximum atomic E-state index is 5.64. The number of aromatic nitrogens is 3. The van der Waals surface area contributed by atoms with E-state index in [1.165, 1.54) is 4.70 Å². The van der Waals surface area contributed by atoms with Gasteiger partial charge in [0.05, 0.1) is 10.2 Å². The number of thiazole rings is 1.